The average Bonchev–Trinajstić information content (AvgIpc) is 2.76. The molecule has 2 atom stereocenters. The molecule has 2 aromatic carbocycles. The summed E-state index contributed by atoms with van der Waals surface area (Å²) in [6.07, 6.45) is 1.46. The lowest BCUT2D eigenvalue weighted by molar-refractivity contribution is -0.117. The van der Waals surface area contributed by atoms with Gasteiger partial charge in [0.25, 0.3) is 5.91 Å². The van der Waals surface area contributed by atoms with E-state index in [0.29, 0.717) is 13.2 Å². The van der Waals surface area contributed by atoms with E-state index in [1.54, 1.807) is 0 Å². The van der Waals surface area contributed by atoms with E-state index < -0.39 is 5.91 Å². The Morgan fingerprint density at radius 3 is 1.94 bits per heavy atom. The third-order valence-corrected chi connectivity index (χ3v) is 5.05. The van der Waals surface area contributed by atoms with Crippen molar-refractivity contribution < 1.29 is 14.3 Å². The zero-order valence-electron chi connectivity index (χ0n) is 19.8. The van der Waals surface area contributed by atoms with Crippen LogP contribution in [0, 0.1) is 25.2 Å². The van der Waals surface area contributed by atoms with Gasteiger partial charge in [-0.25, -0.2) is 0 Å². The fourth-order valence-electron chi connectivity index (χ4n) is 3.39. The molecule has 0 aromatic heterocycles. The molecule has 2 unspecified atom stereocenters. The first kappa shape index (κ1) is 24.8. The Balaban J connectivity index is 2.16. The van der Waals surface area contributed by atoms with Gasteiger partial charge in [0.15, 0.2) is 0 Å². The van der Waals surface area contributed by atoms with E-state index >= 15 is 0 Å². The second-order valence-corrected chi connectivity index (χ2v) is 7.70. The molecule has 32 heavy (non-hydrogen) atoms. The number of amides is 1. The molecule has 0 saturated heterocycles. The first-order chi connectivity index (χ1) is 15.3. The summed E-state index contributed by atoms with van der Waals surface area (Å²) in [7, 11) is 0. The van der Waals surface area contributed by atoms with Crippen LogP contribution in [0.2, 0.25) is 0 Å². The minimum atomic E-state index is -0.446. The normalized spacial score (nSPS) is 13.0. The van der Waals surface area contributed by atoms with Gasteiger partial charge in [-0.3, -0.25) is 4.79 Å². The maximum Gasteiger partial charge on any atom is 0.263 e. The van der Waals surface area contributed by atoms with Crippen molar-refractivity contribution in [1.29, 1.82) is 5.26 Å². The largest absolute Gasteiger partial charge is 0.494 e. The number of ether oxygens (including phenoxy) is 2. The average molecular weight is 436 g/mol. The number of hydrogen-bond acceptors (Lipinski definition) is 5. The lowest BCUT2D eigenvalue weighted by Gasteiger charge is -2.19. The van der Waals surface area contributed by atoms with Gasteiger partial charge in [-0.2, -0.15) is 5.26 Å². The maximum atomic E-state index is 12.8. The van der Waals surface area contributed by atoms with Crippen molar-refractivity contribution in [2.24, 2.45) is 0 Å². The lowest BCUT2D eigenvalue weighted by atomic mass is 10.0. The summed E-state index contributed by atoms with van der Waals surface area (Å²) in [4.78, 5) is 12.8. The zero-order valence-corrected chi connectivity index (χ0v) is 19.8. The highest BCUT2D eigenvalue weighted by molar-refractivity contribution is 5.97. The number of hydrogen-bond donors (Lipinski definition) is 2. The molecular weight excluding hydrogens is 402 g/mol. The van der Waals surface area contributed by atoms with E-state index in [1.807, 2.05) is 84.0 Å². The Morgan fingerprint density at radius 2 is 1.47 bits per heavy atom. The van der Waals surface area contributed by atoms with E-state index in [2.05, 4.69) is 10.6 Å². The van der Waals surface area contributed by atoms with Gasteiger partial charge < -0.3 is 20.1 Å². The molecule has 0 radical (unpaired) electrons. The van der Waals surface area contributed by atoms with Crippen molar-refractivity contribution in [2.75, 3.05) is 13.2 Å². The highest BCUT2D eigenvalue weighted by atomic mass is 16.5. The van der Waals surface area contributed by atoms with Crippen LogP contribution < -0.4 is 20.1 Å². The molecule has 0 heterocycles. The van der Waals surface area contributed by atoms with Crippen LogP contribution in [0.25, 0.3) is 0 Å². The summed E-state index contributed by atoms with van der Waals surface area (Å²) >= 11 is 0. The molecule has 0 spiro atoms. The van der Waals surface area contributed by atoms with E-state index in [9.17, 15) is 10.1 Å². The van der Waals surface area contributed by atoms with E-state index in [0.717, 1.165) is 33.8 Å². The Hall–Kier alpha value is -3.46. The Kier molecular flexibility index (Phi) is 9.15. The molecule has 0 bridgehead atoms. The van der Waals surface area contributed by atoms with Gasteiger partial charge in [0, 0.05) is 17.3 Å². The number of aryl methyl sites for hydroxylation is 2. The van der Waals surface area contributed by atoms with Crippen molar-refractivity contribution in [3.05, 3.63) is 70.4 Å². The van der Waals surface area contributed by atoms with Crippen LogP contribution >= 0.6 is 0 Å². The van der Waals surface area contributed by atoms with Gasteiger partial charge in [-0.05, 0) is 53.7 Å². The molecule has 2 aromatic rings. The van der Waals surface area contributed by atoms with Crippen molar-refractivity contribution in [1.82, 2.24) is 10.6 Å². The maximum absolute atomic E-state index is 12.8. The molecule has 0 saturated carbocycles. The number of carbonyl (C=O) groups excluding carboxylic acids is 1. The molecule has 6 heteroatoms. The number of nitrogens with zero attached hydrogens (tertiary/aromatic N) is 1. The number of rotatable bonds is 10. The molecule has 2 rings (SSSR count). The Morgan fingerprint density at radius 1 is 0.969 bits per heavy atom. The summed E-state index contributed by atoms with van der Waals surface area (Å²) in [6, 6.07) is 13.4. The van der Waals surface area contributed by atoms with Crippen molar-refractivity contribution >= 4 is 5.91 Å². The van der Waals surface area contributed by atoms with Crippen LogP contribution in [0.15, 0.2) is 48.2 Å². The fourth-order valence-corrected chi connectivity index (χ4v) is 3.39. The quantitative estimate of drug-likeness (QED) is 0.404. The van der Waals surface area contributed by atoms with E-state index in [1.165, 1.54) is 6.20 Å². The van der Waals surface area contributed by atoms with Gasteiger partial charge in [-0.1, -0.05) is 35.4 Å². The predicted molar refractivity (Wildman–Crippen MR) is 127 cm³/mol. The second-order valence-electron chi connectivity index (χ2n) is 7.70. The van der Waals surface area contributed by atoms with Gasteiger partial charge in [-0.15, -0.1) is 0 Å². The fraction of sp³-hybridized carbons (Fsp3) is 0.385. The monoisotopic (exact) mass is 435 g/mol. The van der Waals surface area contributed by atoms with Crippen LogP contribution in [0.4, 0.5) is 0 Å². The molecular formula is C26H33N3O3. The highest BCUT2D eigenvalue weighted by Crippen LogP contribution is 2.28. The molecule has 0 aliphatic heterocycles. The molecule has 6 nitrogen and oxygen atoms in total. The van der Waals surface area contributed by atoms with Crippen LogP contribution in [0.5, 0.6) is 11.5 Å². The number of benzene rings is 2. The van der Waals surface area contributed by atoms with Crippen molar-refractivity contribution in [3.63, 3.8) is 0 Å². The lowest BCUT2D eigenvalue weighted by Crippen LogP contribution is -2.29. The summed E-state index contributed by atoms with van der Waals surface area (Å²) in [6.45, 7) is 12.8. The van der Waals surface area contributed by atoms with Crippen LogP contribution in [0.3, 0.4) is 0 Å². The summed E-state index contributed by atoms with van der Waals surface area (Å²) in [5.41, 5.74) is 4.02. The molecule has 170 valence electrons. The molecule has 1 amide bonds. The minimum absolute atomic E-state index is 0.0000686. The molecule has 0 aliphatic rings. The second kappa shape index (κ2) is 11.8. The smallest absolute Gasteiger partial charge is 0.263 e. The van der Waals surface area contributed by atoms with Gasteiger partial charge in [0.1, 0.15) is 23.1 Å². The van der Waals surface area contributed by atoms with Crippen LogP contribution in [0.1, 0.15) is 62.0 Å². The molecule has 0 fully saturated rings. The topological polar surface area (TPSA) is 83.4 Å². The zero-order chi connectivity index (χ0) is 23.7. The van der Waals surface area contributed by atoms with Crippen LogP contribution in [-0.4, -0.2) is 19.1 Å². The number of nitriles is 1. The Bertz CT molecular complexity index is 1010. The third-order valence-electron chi connectivity index (χ3n) is 5.05. The minimum Gasteiger partial charge on any atom is -0.494 e. The highest BCUT2D eigenvalue weighted by Gasteiger charge is 2.18. The van der Waals surface area contributed by atoms with Gasteiger partial charge >= 0.3 is 0 Å². The van der Waals surface area contributed by atoms with Crippen LogP contribution in [-0.2, 0) is 4.79 Å². The first-order valence-corrected chi connectivity index (χ1v) is 10.9. The van der Waals surface area contributed by atoms with E-state index in [-0.39, 0.29) is 17.7 Å². The Labute approximate surface area is 191 Å². The molecule has 0 aliphatic carbocycles. The number of nitrogens with one attached hydrogen (secondary N) is 2. The number of carbonyl (C=O) groups is 1. The first-order valence-electron chi connectivity index (χ1n) is 10.9. The van der Waals surface area contributed by atoms with E-state index in [4.69, 9.17) is 9.47 Å². The predicted octanol–water partition coefficient (Wildman–Crippen LogP) is 5.04. The summed E-state index contributed by atoms with van der Waals surface area (Å²) in [5, 5.41) is 15.6. The SMILES string of the molecule is CCOc1ccc(C)cc1C(C)N/C=C(/C#N)C(=O)NC(C)c1cc(C)ccc1OCC. The van der Waals surface area contributed by atoms with Crippen molar-refractivity contribution in [3.8, 4) is 17.6 Å². The third kappa shape index (κ3) is 6.52. The molecule has 2 N–H and O–H groups in total. The standard InChI is InChI=1S/C26H33N3O3/c1-7-31-24-11-9-17(3)13-22(24)19(5)28-16-21(15-27)26(30)29-20(6)23-14-18(4)10-12-25(23)32-8-2/h9-14,16,19-20,28H,7-8H2,1-6H3,(H,29,30)/b21-16-. The summed E-state index contributed by atoms with van der Waals surface area (Å²) in [5.74, 6) is 1.06. The van der Waals surface area contributed by atoms with Crippen molar-refractivity contribution in [2.45, 2.75) is 53.6 Å². The summed E-state index contributed by atoms with van der Waals surface area (Å²) < 4.78 is 11.4. The van der Waals surface area contributed by atoms with Gasteiger partial charge in [0.05, 0.1) is 25.3 Å². The van der Waals surface area contributed by atoms with Gasteiger partial charge in [0.2, 0.25) is 0 Å².